The highest BCUT2D eigenvalue weighted by Gasteiger charge is 2.20. The predicted octanol–water partition coefficient (Wildman–Crippen LogP) is 4.54. The van der Waals surface area contributed by atoms with Crippen molar-refractivity contribution in [2.45, 2.75) is 26.9 Å². The van der Waals surface area contributed by atoms with Gasteiger partial charge in [0.15, 0.2) is 0 Å². The fourth-order valence-corrected chi connectivity index (χ4v) is 4.37. The summed E-state index contributed by atoms with van der Waals surface area (Å²) < 4.78 is 26.4. The summed E-state index contributed by atoms with van der Waals surface area (Å²) >= 11 is 0. The molecule has 0 aromatic heterocycles. The number of amides is 1. The molecule has 5 nitrogen and oxygen atoms in total. The van der Waals surface area contributed by atoms with Crippen LogP contribution in [0.3, 0.4) is 0 Å². The first-order valence-electron chi connectivity index (χ1n) is 10.1. The van der Waals surface area contributed by atoms with Gasteiger partial charge in [-0.25, -0.2) is 8.42 Å². The molecule has 1 amide bonds. The van der Waals surface area contributed by atoms with Gasteiger partial charge < -0.3 is 4.90 Å². The Kier molecular flexibility index (Phi) is 6.81. The molecule has 0 saturated heterocycles. The van der Waals surface area contributed by atoms with Crippen LogP contribution in [0.4, 0.5) is 5.69 Å². The van der Waals surface area contributed by atoms with E-state index >= 15 is 0 Å². The minimum Gasteiger partial charge on any atom is -0.337 e. The molecular weight excluding hydrogens is 408 g/mol. The molecule has 0 aliphatic carbocycles. The molecule has 0 heterocycles. The van der Waals surface area contributed by atoms with Gasteiger partial charge in [0, 0.05) is 19.2 Å². The number of hydrogen-bond donors (Lipinski definition) is 0. The van der Waals surface area contributed by atoms with Gasteiger partial charge in [-0.1, -0.05) is 54.6 Å². The normalized spacial score (nSPS) is 11.2. The Labute approximate surface area is 185 Å². The van der Waals surface area contributed by atoms with Crippen molar-refractivity contribution in [2.24, 2.45) is 0 Å². The van der Waals surface area contributed by atoms with Crippen LogP contribution in [-0.2, 0) is 23.1 Å². The number of anilines is 1. The lowest BCUT2D eigenvalue weighted by molar-refractivity contribution is 0.0785. The van der Waals surface area contributed by atoms with E-state index in [0.717, 1.165) is 22.3 Å². The highest BCUT2D eigenvalue weighted by molar-refractivity contribution is 7.92. The fraction of sp³-hybridized carbons (Fsp3) is 0.240. The van der Waals surface area contributed by atoms with Crippen LogP contribution < -0.4 is 4.31 Å². The molecule has 31 heavy (non-hydrogen) atoms. The molecule has 0 aliphatic heterocycles. The molecule has 0 fully saturated rings. The Morgan fingerprint density at radius 1 is 0.839 bits per heavy atom. The molecule has 0 aliphatic rings. The van der Waals surface area contributed by atoms with Gasteiger partial charge in [0.2, 0.25) is 10.0 Å². The molecule has 3 aromatic rings. The first-order valence-corrected chi connectivity index (χ1v) is 11.9. The summed E-state index contributed by atoms with van der Waals surface area (Å²) in [7, 11) is -1.70. The van der Waals surface area contributed by atoms with Crippen molar-refractivity contribution in [3.8, 4) is 0 Å². The zero-order chi connectivity index (χ0) is 22.6. The quantitative estimate of drug-likeness (QED) is 0.546. The first-order chi connectivity index (χ1) is 14.6. The molecule has 0 spiro atoms. The number of hydrogen-bond acceptors (Lipinski definition) is 3. The average Bonchev–Trinajstić information content (AvgIpc) is 2.74. The lowest BCUT2D eigenvalue weighted by Crippen LogP contribution is -2.30. The number of sulfonamides is 1. The van der Waals surface area contributed by atoms with Crippen LogP contribution in [0.25, 0.3) is 0 Å². The van der Waals surface area contributed by atoms with Gasteiger partial charge in [0.1, 0.15) is 0 Å². The van der Waals surface area contributed by atoms with Crippen molar-refractivity contribution < 1.29 is 13.2 Å². The molecule has 3 rings (SSSR count). The topological polar surface area (TPSA) is 57.7 Å². The van der Waals surface area contributed by atoms with Crippen LogP contribution in [0.2, 0.25) is 0 Å². The minimum atomic E-state index is -3.47. The largest absolute Gasteiger partial charge is 0.337 e. The summed E-state index contributed by atoms with van der Waals surface area (Å²) in [5.74, 6) is -0.0788. The molecule has 0 N–H and O–H groups in total. The van der Waals surface area contributed by atoms with Crippen LogP contribution in [-0.4, -0.2) is 32.5 Å². The van der Waals surface area contributed by atoms with Gasteiger partial charge in [0.25, 0.3) is 5.91 Å². The SMILES string of the molecule is Cc1ccc(C)c(N(Cc2ccc(C(=O)N(C)Cc3ccccc3)cc2)S(C)(=O)=O)c1. The van der Waals surface area contributed by atoms with E-state index in [1.54, 1.807) is 24.1 Å². The summed E-state index contributed by atoms with van der Waals surface area (Å²) in [4.78, 5) is 14.4. The van der Waals surface area contributed by atoms with E-state index in [0.29, 0.717) is 17.8 Å². The lowest BCUT2D eigenvalue weighted by atomic mass is 10.1. The Bertz CT molecular complexity index is 1160. The number of aryl methyl sites for hydroxylation is 2. The highest BCUT2D eigenvalue weighted by Crippen LogP contribution is 2.26. The van der Waals surface area contributed by atoms with Crippen molar-refractivity contribution >= 4 is 21.6 Å². The summed E-state index contributed by atoms with van der Waals surface area (Å²) in [6, 6.07) is 22.7. The second kappa shape index (κ2) is 9.35. The Morgan fingerprint density at radius 3 is 2.06 bits per heavy atom. The van der Waals surface area contributed by atoms with Crippen LogP contribution in [0, 0.1) is 13.8 Å². The molecule has 0 radical (unpaired) electrons. The number of carbonyl (C=O) groups is 1. The van der Waals surface area contributed by atoms with E-state index in [2.05, 4.69) is 0 Å². The standard InChI is InChI=1S/C25H28N2O3S/c1-19-10-11-20(2)24(16-19)27(31(4,29)30)18-22-12-14-23(15-13-22)25(28)26(3)17-21-8-6-5-7-9-21/h5-16H,17-18H2,1-4H3. The summed E-state index contributed by atoms with van der Waals surface area (Å²) in [5.41, 5.74) is 5.01. The Balaban J connectivity index is 1.78. The Hall–Kier alpha value is -3.12. The maximum atomic E-state index is 12.8. The maximum absolute atomic E-state index is 12.8. The number of nitrogens with zero attached hydrogens (tertiary/aromatic N) is 2. The molecule has 3 aromatic carbocycles. The van der Waals surface area contributed by atoms with Gasteiger partial charge in [-0.15, -0.1) is 0 Å². The highest BCUT2D eigenvalue weighted by atomic mass is 32.2. The summed E-state index contributed by atoms with van der Waals surface area (Å²) in [5, 5.41) is 0. The second-order valence-electron chi connectivity index (χ2n) is 7.90. The van der Waals surface area contributed by atoms with E-state index in [1.165, 1.54) is 10.6 Å². The average molecular weight is 437 g/mol. The monoisotopic (exact) mass is 436 g/mol. The fourth-order valence-electron chi connectivity index (χ4n) is 3.44. The zero-order valence-corrected chi connectivity index (χ0v) is 19.2. The van der Waals surface area contributed by atoms with Gasteiger partial charge in [0.05, 0.1) is 18.5 Å². The van der Waals surface area contributed by atoms with Crippen LogP contribution >= 0.6 is 0 Å². The van der Waals surface area contributed by atoms with Crippen molar-refractivity contribution in [1.29, 1.82) is 0 Å². The van der Waals surface area contributed by atoms with Crippen LogP contribution in [0.5, 0.6) is 0 Å². The number of benzene rings is 3. The van der Waals surface area contributed by atoms with Crippen LogP contribution in [0.15, 0.2) is 72.8 Å². The van der Waals surface area contributed by atoms with Crippen LogP contribution in [0.1, 0.15) is 32.6 Å². The minimum absolute atomic E-state index is 0.0788. The molecule has 6 heteroatoms. The lowest BCUT2D eigenvalue weighted by Gasteiger charge is -2.25. The van der Waals surface area contributed by atoms with E-state index in [4.69, 9.17) is 0 Å². The summed E-state index contributed by atoms with van der Waals surface area (Å²) in [6.07, 6.45) is 1.21. The number of rotatable bonds is 7. The third kappa shape index (κ3) is 5.73. The van der Waals surface area contributed by atoms with Crippen molar-refractivity contribution in [3.63, 3.8) is 0 Å². The third-order valence-electron chi connectivity index (χ3n) is 5.17. The van der Waals surface area contributed by atoms with Crippen molar-refractivity contribution in [3.05, 3.63) is 101 Å². The summed E-state index contributed by atoms with van der Waals surface area (Å²) in [6.45, 7) is 4.57. The van der Waals surface area contributed by atoms with Gasteiger partial charge >= 0.3 is 0 Å². The maximum Gasteiger partial charge on any atom is 0.253 e. The molecule has 0 unspecified atom stereocenters. The molecule has 0 saturated carbocycles. The molecule has 162 valence electrons. The smallest absolute Gasteiger partial charge is 0.253 e. The van der Waals surface area contributed by atoms with E-state index in [1.807, 2.05) is 74.5 Å². The molecular formula is C25H28N2O3S. The zero-order valence-electron chi connectivity index (χ0n) is 18.4. The Morgan fingerprint density at radius 2 is 1.45 bits per heavy atom. The number of carbonyl (C=O) groups excluding carboxylic acids is 1. The van der Waals surface area contributed by atoms with Gasteiger partial charge in [-0.2, -0.15) is 0 Å². The predicted molar refractivity (Wildman–Crippen MR) is 126 cm³/mol. The van der Waals surface area contributed by atoms with E-state index in [-0.39, 0.29) is 12.5 Å². The molecule has 0 bridgehead atoms. The van der Waals surface area contributed by atoms with E-state index < -0.39 is 10.0 Å². The van der Waals surface area contributed by atoms with Gasteiger partial charge in [-0.05, 0) is 54.3 Å². The van der Waals surface area contributed by atoms with E-state index in [9.17, 15) is 13.2 Å². The van der Waals surface area contributed by atoms with Crippen molar-refractivity contribution in [2.75, 3.05) is 17.6 Å². The van der Waals surface area contributed by atoms with Crippen molar-refractivity contribution in [1.82, 2.24) is 4.90 Å². The first kappa shape index (κ1) is 22.6. The van der Waals surface area contributed by atoms with Gasteiger partial charge in [-0.3, -0.25) is 9.10 Å². The second-order valence-corrected chi connectivity index (χ2v) is 9.81. The molecule has 0 atom stereocenters. The third-order valence-corrected chi connectivity index (χ3v) is 6.30.